The Morgan fingerprint density at radius 3 is 1.35 bits per heavy atom. The van der Waals surface area contributed by atoms with Crippen LogP contribution in [0.2, 0.25) is 15.5 Å². The van der Waals surface area contributed by atoms with Gasteiger partial charge in [-0.15, -0.1) is 34.0 Å². The first-order chi connectivity index (χ1) is 37.4. The van der Waals surface area contributed by atoms with Crippen molar-refractivity contribution in [2.75, 3.05) is 0 Å². The van der Waals surface area contributed by atoms with Crippen molar-refractivity contribution < 1.29 is 17.6 Å². The summed E-state index contributed by atoms with van der Waals surface area (Å²) in [6, 6.07) is 25.1. The Kier molecular flexibility index (Phi) is 31.5. The summed E-state index contributed by atoms with van der Waals surface area (Å²) in [4.78, 5) is 4.20. The number of thiophene rings is 5. The maximum atomic E-state index is 12.1. The van der Waals surface area contributed by atoms with E-state index in [0.717, 1.165) is 27.5 Å². The number of nitrogens with zero attached hydrogens (tertiary/aromatic N) is 8. The topological polar surface area (TPSA) is 84.4 Å². The number of hydrogen-bond donors (Lipinski definition) is 0. The zero-order valence-electron chi connectivity index (χ0n) is 49.3. The van der Waals surface area contributed by atoms with Crippen molar-refractivity contribution in [2.45, 2.75) is 110 Å². The molecule has 0 atom stereocenters. The number of furan rings is 1. The quantitative estimate of drug-likeness (QED) is 0.151. The predicted octanol–water partition coefficient (Wildman–Crippen LogP) is 20.5. The zero-order valence-corrected chi connectivity index (χ0v) is 55.6. The van der Waals surface area contributed by atoms with Gasteiger partial charge < -0.3 is 4.42 Å². The molecule has 0 aliphatic carbocycles. The van der Waals surface area contributed by atoms with Crippen LogP contribution in [0.1, 0.15) is 87.9 Å². The molecule has 0 fully saturated rings. The SMILES string of the molecule is Cc1c(C(F)(F)F)nn(C)c1Cl.Cc1c(Cl)nn(C)c1Cl.Cc1cc(C)n(C)n1.Cc1cc2ccccc2s1.Cc1ccc(C)o1.Cc1cccs1.Cc1ccsc1.Cc1ccsc1C.Cc1cnn(C)c1C.Cc1cscc1C. The predicted molar refractivity (Wildman–Crippen MR) is 342 cm³/mol. The zero-order chi connectivity index (χ0) is 60.4. The van der Waals surface area contributed by atoms with Crippen LogP contribution in [0.4, 0.5) is 13.2 Å². The Balaban J connectivity index is 0.000000306. The summed E-state index contributed by atoms with van der Waals surface area (Å²) in [5, 5.41) is 30.4. The molecule has 0 N–H and O–H groups in total. The van der Waals surface area contributed by atoms with Gasteiger partial charge in [0.05, 0.1) is 11.9 Å². The minimum Gasteiger partial charge on any atom is -0.467 e. The highest BCUT2D eigenvalue weighted by molar-refractivity contribution is 7.19. The molecule has 434 valence electrons. The fourth-order valence-electron chi connectivity index (χ4n) is 6.04. The third kappa shape index (κ3) is 26.1. The van der Waals surface area contributed by atoms with Crippen LogP contribution in [0.15, 0.2) is 116 Å². The molecule has 10 aromatic heterocycles. The van der Waals surface area contributed by atoms with E-state index in [1.165, 1.54) is 77.9 Å². The smallest absolute Gasteiger partial charge is 0.435 e. The van der Waals surface area contributed by atoms with E-state index in [9.17, 15) is 13.2 Å². The van der Waals surface area contributed by atoms with Gasteiger partial charge >= 0.3 is 6.18 Å². The standard InChI is InChI=1S/C9H8S.C6H6ClF3N2.2C6H10N2.C6H8O.2C6H8S.C5H6Cl2N2.2C5H6S/c1-7-6-8-4-2-3-5-9(8)10-7;1-3-4(6(8,9)10)11-12(2)5(3)7;1-5-4-7-8(3)6(5)2;1-5-4-6(2)8(3)7-5;1-5-3-4-6(2)7-5;1-5-3-7-4-6(5)2;1-5-3-4-7-6(5)2;1-3-4(6)8-9(2)5(3)7;1-5-2-3-6-4-5;1-5-3-2-4-6-5/h2-6H,1H3;1-2H3;2*4H,1-3H3;3*3-4H,1-2H3;1-2H3;2*2-4H,1H3. The second-order valence-electron chi connectivity index (χ2n) is 18.3. The summed E-state index contributed by atoms with van der Waals surface area (Å²) in [5.74, 6) is 1.97. The summed E-state index contributed by atoms with van der Waals surface area (Å²) in [5.41, 5.74) is 10.3. The van der Waals surface area contributed by atoms with Crippen molar-refractivity contribution in [3.63, 3.8) is 0 Å². The van der Waals surface area contributed by atoms with Crippen LogP contribution < -0.4 is 0 Å². The van der Waals surface area contributed by atoms with Gasteiger partial charge in [0.2, 0.25) is 0 Å². The van der Waals surface area contributed by atoms with Crippen LogP contribution in [-0.2, 0) is 34.4 Å². The first-order valence-electron chi connectivity index (χ1n) is 24.9. The summed E-state index contributed by atoms with van der Waals surface area (Å²) >= 11 is 25.8. The molecule has 0 spiro atoms. The molecule has 11 rings (SSSR count). The Labute approximate surface area is 507 Å². The van der Waals surface area contributed by atoms with Crippen molar-refractivity contribution in [3.05, 3.63) is 215 Å². The molecule has 9 nitrogen and oxygen atoms in total. The lowest BCUT2D eigenvalue weighted by molar-refractivity contribution is -0.141. The molecule has 0 amide bonds. The molecule has 0 bridgehead atoms. The largest absolute Gasteiger partial charge is 0.467 e. The van der Waals surface area contributed by atoms with E-state index in [4.69, 9.17) is 39.2 Å². The van der Waals surface area contributed by atoms with Crippen LogP contribution in [0.5, 0.6) is 0 Å². The van der Waals surface area contributed by atoms with Crippen LogP contribution in [0.25, 0.3) is 10.1 Å². The third-order valence-corrected chi connectivity index (χ3v) is 17.3. The molecular weight excluding hydrogens is 1170 g/mol. The highest BCUT2D eigenvalue weighted by atomic mass is 35.5. The van der Waals surface area contributed by atoms with Crippen LogP contribution in [0, 0.1) is 104 Å². The fourth-order valence-corrected chi connectivity index (χ4v) is 10.2. The Bertz CT molecular complexity index is 3230. The monoisotopic (exact) mass is 1250 g/mol. The lowest BCUT2D eigenvalue weighted by Crippen LogP contribution is -2.08. The van der Waals surface area contributed by atoms with Gasteiger partial charge in [0, 0.05) is 70.0 Å². The molecule has 0 saturated carbocycles. The van der Waals surface area contributed by atoms with Gasteiger partial charge in [-0.3, -0.25) is 18.7 Å². The molecule has 0 radical (unpaired) electrons. The van der Waals surface area contributed by atoms with Gasteiger partial charge in [-0.05, 0) is 218 Å². The Morgan fingerprint density at radius 2 is 1.12 bits per heavy atom. The summed E-state index contributed by atoms with van der Waals surface area (Å²) in [7, 11) is 7.01. The van der Waals surface area contributed by atoms with Gasteiger partial charge in [-0.25, -0.2) is 0 Å². The molecule has 10 heterocycles. The van der Waals surface area contributed by atoms with Crippen molar-refractivity contribution in [2.24, 2.45) is 28.2 Å². The first kappa shape index (κ1) is 70.9. The number of rotatable bonds is 0. The molecule has 20 heteroatoms. The maximum Gasteiger partial charge on any atom is 0.435 e. The minimum atomic E-state index is -4.42. The van der Waals surface area contributed by atoms with E-state index in [-0.39, 0.29) is 10.7 Å². The average molecular weight is 1250 g/mol. The molecule has 1 aromatic carbocycles. The molecule has 0 unspecified atom stereocenters. The molecule has 11 aromatic rings. The second kappa shape index (κ2) is 35.6. The highest BCUT2D eigenvalue weighted by Crippen LogP contribution is 2.33. The Hall–Kier alpha value is -5.24. The van der Waals surface area contributed by atoms with Crippen molar-refractivity contribution in [1.82, 2.24) is 39.1 Å². The normalized spacial score (nSPS) is 10.1. The van der Waals surface area contributed by atoms with Crippen LogP contribution in [-0.4, -0.2) is 39.1 Å². The summed E-state index contributed by atoms with van der Waals surface area (Å²) in [6.45, 7) is 30.0. The van der Waals surface area contributed by atoms with Crippen molar-refractivity contribution in [3.8, 4) is 0 Å². The van der Waals surface area contributed by atoms with Gasteiger partial charge in [0.1, 0.15) is 21.8 Å². The molecule has 80 heavy (non-hydrogen) atoms. The van der Waals surface area contributed by atoms with E-state index in [0.29, 0.717) is 10.3 Å². The summed E-state index contributed by atoms with van der Waals surface area (Å²) < 4.78 is 49.1. The van der Waals surface area contributed by atoms with E-state index in [1.807, 2.05) is 87.7 Å². The first-order valence-corrected chi connectivity index (χ1v) is 30.5. The summed E-state index contributed by atoms with van der Waals surface area (Å²) in [6.07, 6.45) is -2.55. The molecule has 0 aliphatic heterocycles. The third-order valence-electron chi connectivity index (χ3n) is 11.3. The van der Waals surface area contributed by atoms with E-state index in [1.54, 1.807) is 57.1 Å². The van der Waals surface area contributed by atoms with Gasteiger partial charge in [-0.2, -0.15) is 56.2 Å². The minimum absolute atomic E-state index is 0.0160. The van der Waals surface area contributed by atoms with E-state index >= 15 is 0 Å². The van der Waals surface area contributed by atoms with Crippen LogP contribution >= 0.6 is 91.5 Å². The number of aromatic nitrogens is 8. The molecule has 0 aliphatic rings. The number of halogens is 6. The number of aryl methyl sites for hydroxylation is 16. The number of fused-ring (bicyclic) bond motifs is 1. The highest BCUT2D eigenvalue weighted by Gasteiger charge is 2.37. The van der Waals surface area contributed by atoms with Gasteiger partial charge in [0.25, 0.3) is 0 Å². The van der Waals surface area contributed by atoms with E-state index in [2.05, 4.69) is 176 Å². The molecular formula is C60H76Cl3F3N8OS5. The molecule has 0 saturated heterocycles. The van der Waals surface area contributed by atoms with Crippen molar-refractivity contribution in [1.29, 1.82) is 0 Å². The van der Waals surface area contributed by atoms with Crippen molar-refractivity contribution >= 4 is 102 Å². The van der Waals surface area contributed by atoms with Gasteiger partial charge in [-0.1, -0.05) is 59.1 Å². The number of alkyl halides is 3. The number of benzene rings is 1. The van der Waals surface area contributed by atoms with Gasteiger partial charge in [0.15, 0.2) is 10.8 Å². The second-order valence-corrected chi connectivity index (χ2v) is 24.4. The fraction of sp³-hybridized carbons (Fsp3) is 0.333. The lowest BCUT2D eigenvalue weighted by Gasteiger charge is -2.01. The lowest BCUT2D eigenvalue weighted by atomic mass is 10.2. The average Bonchev–Trinajstić information content (AvgIpc) is 4.31. The number of hydrogen-bond acceptors (Lipinski definition) is 10. The Morgan fingerprint density at radius 1 is 0.525 bits per heavy atom. The van der Waals surface area contributed by atoms with Crippen LogP contribution in [0.3, 0.4) is 0 Å². The maximum absolute atomic E-state index is 12.1. The van der Waals surface area contributed by atoms with E-state index < -0.39 is 11.9 Å².